The Kier molecular flexibility index (Phi) is 11.6. The van der Waals surface area contributed by atoms with Gasteiger partial charge in [-0.25, -0.2) is 13.1 Å². The number of benzene rings is 1. The van der Waals surface area contributed by atoms with Crippen LogP contribution in [0.3, 0.4) is 0 Å². The first-order valence-electron chi connectivity index (χ1n) is 13.3. The molecule has 10 atom stereocenters. The van der Waals surface area contributed by atoms with E-state index in [1.807, 2.05) is 0 Å². The minimum Gasteiger partial charge on any atom is -0.463 e. The highest BCUT2D eigenvalue weighted by Gasteiger charge is 2.53. The number of carbonyl (C=O) groups is 4. The maximum atomic E-state index is 13.0. The van der Waals surface area contributed by atoms with E-state index in [0.717, 1.165) is 27.7 Å². The fourth-order valence-electron chi connectivity index (χ4n) is 4.96. The number of hydrogen-bond donors (Lipinski definition) is 4. The van der Waals surface area contributed by atoms with Crippen molar-refractivity contribution in [1.29, 1.82) is 0 Å². The monoisotopic (exact) mass is 631 g/mol. The van der Waals surface area contributed by atoms with Crippen LogP contribution in [0.4, 0.5) is 0 Å². The molecule has 0 bridgehead atoms. The van der Waals surface area contributed by atoms with Crippen molar-refractivity contribution < 1.29 is 61.1 Å². The van der Waals surface area contributed by atoms with E-state index in [2.05, 4.69) is 4.72 Å². The predicted molar refractivity (Wildman–Crippen MR) is 144 cm³/mol. The summed E-state index contributed by atoms with van der Waals surface area (Å²) in [5.74, 6) is -3.03. The summed E-state index contributed by atoms with van der Waals surface area (Å²) in [7, 11) is -4.11. The molecule has 0 amide bonds. The average molecular weight is 632 g/mol. The van der Waals surface area contributed by atoms with Crippen LogP contribution in [0.5, 0.6) is 0 Å². The summed E-state index contributed by atoms with van der Waals surface area (Å²) < 4.78 is 61.3. The second-order valence-electron chi connectivity index (χ2n) is 10.2. The lowest BCUT2D eigenvalue weighted by Crippen LogP contribution is -2.69. The summed E-state index contributed by atoms with van der Waals surface area (Å²) >= 11 is 0. The van der Waals surface area contributed by atoms with Crippen LogP contribution in [0.1, 0.15) is 34.1 Å². The summed E-state index contributed by atoms with van der Waals surface area (Å²) in [4.78, 5) is 47.1. The van der Waals surface area contributed by atoms with Crippen molar-refractivity contribution >= 4 is 33.9 Å². The Bertz CT molecular complexity index is 1260. The van der Waals surface area contributed by atoms with Gasteiger partial charge in [-0.2, -0.15) is 0 Å². The number of rotatable bonds is 10. The number of nitrogens with two attached hydrogens (primary N) is 2. The molecule has 16 nitrogen and oxygen atoms in total. The Balaban J connectivity index is 1.88. The topological polar surface area (TPSA) is 242 Å². The van der Waals surface area contributed by atoms with Gasteiger partial charge < -0.3 is 45.0 Å². The van der Waals surface area contributed by atoms with Crippen LogP contribution >= 0.6 is 0 Å². The number of carbonyl (C=O) groups excluding carboxylic acids is 4. The molecule has 0 aromatic heterocycles. The quantitative estimate of drug-likeness (QED) is 0.165. The first kappa shape index (κ1) is 34.3. The highest BCUT2D eigenvalue weighted by Crippen LogP contribution is 2.32. The third-order valence-electron chi connectivity index (χ3n) is 6.72. The van der Waals surface area contributed by atoms with Gasteiger partial charge in [0.15, 0.2) is 18.5 Å². The van der Waals surface area contributed by atoms with Crippen molar-refractivity contribution in [2.75, 3.05) is 6.61 Å². The molecule has 240 valence electrons. The highest BCUT2D eigenvalue weighted by molar-refractivity contribution is 7.89. The molecule has 2 aliphatic rings. The molecule has 17 heteroatoms. The van der Waals surface area contributed by atoms with Gasteiger partial charge in [-0.05, 0) is 18.6 Å². The largest absolute Gasteiger partial charge is 0.463 e. The van der Waals surface area contributed by atoms with Crippen LogP contribution in [-0.4, -0.2) is 105 Å². The van der Waals surface area contributed by atoms with Gasteiger partial charge in [0.2, 0.25) is 10.0 Å². The molecule has 6 N–H and O–H groups in total. The van der Waals surface area contributed by atoms with Crippen molar-refractivity contribution in [2.24, 2.45) is 11.5 Å². The molecule has 2 fully saturated rings. The number of sulfonamides is 1. The van der Waals surface area contributed by atoms with Gasteiger partial charge in [0.05, 0.1) is 17.0 Å². The lowest BCUT2D eigenvalue weighted by Gasteiger charge is -2.47. The van der Waals surface area contributed by atoms with Crippen molar-refractivity contribution in [3.63, 3.8) is 0 Å². The van der Waals surface area contributed by atoms with E-state index in [4.69, 9.17) is 39.9 Å². The fraction of sp³-hybridized carbons (Fsp3) is 0.615. The first-order valence-corrected chi connectivity index (χ1v) is 14.8. The van der Waals surface area contributed by atoms with E-state index in [0.29, 0.717) is 0 Å². The molecule has 10 unspecified atom stereocenters. The van der Waals surface area contributed by atoms with Gasteiger partial charge in [-0.1, -0.05) is 18.2 Å². The summed E-state index contributed by atoms with van der Waals surface area (Å²) in [6.45, 7) is 3.98. The lowest BCUT2D eigenvalue weighted by molar-refractivity contribution is -0.298. The van der Waals surface area contributed by atoms with Gasteiger partial charge in [-0.3, -0.25) is 19.2 Å². The minimum absolute atomic E-state index is 0.0581. The molecule has 0 spiro atoms. The zero-order valence-corrected chi connectivity index (χ0v) is 24.8. The number of aliphatic hydroxyl groups is 1. The van der Waals surface area contributed by atoms with E-state index < -0.39 is 102 Å². The molecule has 1 aliphatic heterocycles. The molecule has 3 rings (SSSR count). The Morgan fingerprint density at radius 3 is 2.00 bits per heavy atom. The van der Waals surface area contributed by atoms with Crippen molar-refractivity contribution in [3.05, 3.63) is 30.3 Å². The van der Waals surface area contributed by atoms with Gasteiger partial charge in [0.25, 0.3) is 0 Å². The molecule has 1 saturated heterocycles. The van der Waals surface area contributed by atoms with Gasteiger partial charge in [0, 0.05) is 33.7 Å². The predicted octanol–water partition coefficient (Wildman–Crippen LogP) is -1.78. The van der Waals surface area contributed by atoms with Gasteiger partial charge >= 0.3 is 23.9 Å². The summed E-state index contributed by atoms with van der Waals surface area (Å²) in [6, 6.07) is 3.89. The standard InChI is InChI=1S/C26H37N3O13S/c1-12(30)37-11-19-24(39-14(3)32)25(40-15(4)33)20(28)26(41-19)42-22-17(27)10-18(23(21(22)34)38-13(2)31)29-43(35,36)16-8-6-5-7-9-16/h5-9,17-26,29,34H,10-11,27-28H2,1-4H3. The molecule has 1 aliphatic carbocycles. The van der Waals surface area contributed by atoms with Gasteiger partial charge in [0.1, 0.15) is 31.0 Å². The van der Waals surface area contributed by atoms with Crippen molar-refractivity contribution in [2.45, 2.75) is 100 Å². The summed E-state index contributed by atoms with van der Waals surface area (Å²) in [5, 5.41) is 11.3. The van der Waals surface area contributed by atoms with Crippen LogP contribution < -0.4 is 16.2 Å². The van der Waals surface area contributed by atoms with Gasteiger partial charge in [-0.15, -0.1) is 0 Å². The number of aliphatic hydroxyl groups excluding tert-OH is 1. The molecule has 1 saturated carbocycles. The third-order valence-corrected chi connectivity index (χ3v) is 8.22. The molecule has 1 heterocycles. The molecule has 43 heavy (non-hydrogen) atoms. The van der Waals surface area contributed by atoms with Crippen LogP contribution in [0, 0.1) is 0 Å². The molecule has 1 aromatic rings. The summed E-state index contributed by atoms with van der Waals surface area (Å²) in [6.07, 6.45) is -10.0. The van der Waals surface area contributed by atoms with Crippen LogP contribution in [0.15, 0.2) is 35.2 Å². The van der Waals surface area contributed by atoms with E-state index in [1.54, 1.807) is 6.07 Å². The lowest BCUT2D eigenvalue weighted by atomic mass is 9.84. The Morgan fingerprint density at radius 1 is 0.884 bits per heavy atom. The molecule has 0 radical (unpaired) electrons. The van der Waals surface area contributed by atoms with Crippen molar-refractivity contribution in [3.8, 4) is 0 Å². The maximum Gasteiger partial charge on any atom is 0.303 e. The summed E-state index contributed by atoms with van der Waals surface area (Å²) in [5.41, 5.74) is 12.7. The number of nitrogens with one attached hydrogen (secondary N) is 1. The molecular weight excluding hydrogens is 594 g/mol. The fourth-order valence-corrected chi connectivity index (χ4v) is 6.24. The second kappa shape index (κ2) is 14.5. The second-order valence-corrected chi connectivity index (χ2v) is 11.9. The number of esters is 4. The normalized spacial score (nSPS) is 32.7. The zero-order valence-electron chi connectivity index (χ0n) is 24.0. The van der Waals surface area contributed by atoms with E-state index >= 15 is 0 Å². The molecule has 1 aromatic carbocycles. The first-order chi connectivity index (χ1) is 20.1. The van der Waals surface area contributed by atoms with E-state index in [-0.39, 0.29) is 11.3 Å². The van der Waals surface area contributed by atoms with Crippen LogP contribution in [0.25, 0.3) is 0 Å². The van der Waals surface area contributed by atoms with E-state index in [9.17, 15) is 32.7 Å². The molecular formula is C26H37N3O13S. The van der Waals surface area contributed by atoms with Crippen LogP contribution in [-0.2, 0) is 57.6 Å². The smallest absolute Gasteiger partial charge is 0.303 e. The Morgan fingerprint density at radius 2 is 1.44 bits per heavy atom. The Hall–Kier alpha value is -3.19. The highest BCUT2D eigenvalue weighted by atomic mass is 32.2. The number of ether oxygens (including phenoxy) is 6. The Labute approximate surface area is 248 Å². The minimum atomic E-state index is -4.11. The zero-order chi connectivity index (χ0) is 32.1. The SMILES string of the molecule is CC(=O)OCC1OC(OC2C(N)CC(NS(=O)(=O)c3ccccc3)C(OC(C)=O)C2O)C(N)C(OC(C)=O)C1OC(C)=O. The van der Waals surface area contributed by atoms with Crippen molar-refractivity contribution in [1.82, 2.24) is 4.72 Å². The van der Waals surface area contributed by atoms with E-state index in [1.165, 1.54) is 24.3 Å². The number of hydrogen-bond acceptors (Lipinski definition) is 15. The van der Waals surface area contributed by atoms with Crippen LogP contribution in [0.2, 0.25) is 0 Å². The average Bonchev–Trinajstić information content (AvgIpc) is 2.91. The maximum absolute atomic E-state index is 13.0. The third kappa shape index (κ3) is 8.91.